The maximum absolute atomic E-state index is 14.5. The van der Waals surface area contributed by atoms with Crippen LogP contribution >= 0.6 is 0 Å². The van der Waals surface area contributed by atoms with E-state index in [1.165, 1.54) is 12.1 Å². The van der Waals surface area contributed by atoms with Crippen molar-refractivity contribution < 1.29 is 24.2 Å². The molecule has 1 unspecified atom stereocenters. The predicted molar refractivity (Wildman–Crippen MR) is 135 cm³/mol. The summed E-state index contributed by atoms with van der Waals surface area (Å²) in [5.41, 5.74) is 6.61. The maximum Gasteiger partial charge on any atom is 0.511 e. The molecule has 4 aromatic rings. The van der Waals surface area contributed by atoms with E-state index in [0.29, 0.717) is 17.7 Å². The lowest BCUT2D eigenvalue weighted by atomic mass is 9.82. The molecule has 3 aromatic carbocycles. The average Bonchev–Trinajstić information content (AvgIpc) is 2.86. The van der Waals surface area contributed by atoms with Gasteiger partial charge in [0.25, 0.3) is 0 Å². The van der Waals surface area contributed by atoms with Crippen LogP contribution in [-0.4, -0.2) is 27.2 Å². The Kier molecular flexibility index (Phi) is 7.39. The number of nitrogens with zero attached hydrogens (tertiary/aromatic N) is 2. The topological polar surface area (TPSA) is 92.0 Å². The summed E-state index contributed by atoms with van der Waals surface area (Å²) in [6.07, 6.45) is 0.537. The number of benzene rings is 3. The SMILES string of the molecule is Cc1cc(/C(CC(c2cccc(-c3ccc(OC(=O)O)c(F)c3)c2)c2ccccc2C)=N/O)ccn1. The lowest BCUT2D eigenvalue weighted by Crippen LogP contribution is -2.12. The van der Waals surface area contributed by atoms with E-state index in [1.54, 1.807) is 12.3 Å². The minimum atomic E-state index is -1.57. The van der Waals surface area contributed by atoms with E-state index in [2.05, 4.69) is 20.9 Å². The van der Waals surface area contributed by atoms with Gasteiger partial charge in [-0.15, -0.1) is 0 Å². The fourth-order valence-corrected chi connectivity index (χ4v) is 4.31. The number of carboxylic acid groups (broad SMARTS) is 1. The molecule has 0 saturated heterocycles. The number of aromatic nitrogens is 1. The van der Waals surface area contributed by atoms with Crippen molar-refractivity contribution >= 4 is 11.9 Å². The predicted octanol–water partition coefficient (Wildman–Crippen LogP) is 6.96. The number of hydrogen-bond donors (Lipinski definition) is 2. The zero-order chi connectivity index (χ0) is 25.7. The van der Waals surface area contributed by atoms with Gasteiger partial charge in [-0.1, -0.05) is 59.8 Å². The molecule has 2 N–H and O–H groups in total. The van der Waals surface area contributed by atoms with Gasteiger partial charge < -0.3 is 15.1 Å². The number of halogens is 1. The van der Waals surface area contributed by atoms with E-state index in [-0.39, 0.29) is 11.7 Å². The van der Waals surface area contributed by atoms with Gasteiger partial charge in [0.15, 0.2) is 11.6 Å². The van der Waals surface area contributed by atoms with Crippen LogP contribution < -0.4 is 4.74 Å². The largest absolute Gasteiger partial charge is 0.511 e. The second-order valence-electron chi connectivity index (χ2n) is 8.48. The molecular weight excluding hydrogens is 459 g/mol. The minimum absolute atomic E-state index is 0.148. The van der Waals surface area contributed by atoms with E-state index in [1.807, 2.05) is 68.4 Å². The van der Waals surface area contributed by atoms with E-state index in [4.69, 9.17) is 5.11 Å². The molecule has 0 spiro atoms. The Morgan fingerprint density at radius 2 is 1.78 bits per heavy atom. The first-order valence-corrected chi connectivity index (χ1v) is 11.4. The Morgan fingerprint density at radius 1 is 1.00 bits per heavy atom. The summed E-state index contributed by atoms with van der Waals surface area (Å²) in [7, 11) is 0. The molecule has 0 saturated carbocycles. The van der Waals surface area contributed by atoms with Crippen molar-refractivity contribution in [3.05, 3.63) is 119 Å². The van der Waals surface area contributed by atoms with Gasteiger partial charge in [0.05, 0.1) is 5.71 Å². The van der Waals surface area contributed by atoms with Crippen LogP contribution in [0.3, 0.4) is 0 Å². The maximum atomic E-state index is 14.5. The van der Waals surface area contributed by atoms with Gasteiger partial charge in [-0.05, 0) is 65.9 Å². The summed E-state index contributed by atoms with van der Waals surface area (Å²) in [6, 6.07) is 23.6. The number of carbonyl (C=O) groups is 1. The highest BCUT2D eigenvalue weighted by atomic mass is 19.1. The van der Waals surface area contributed by atoms with Crippen molar-refractivity contribution in [2.24, 2.45) is 5.16 Å². The van der Waals surface area contributed by atoms with E-state index < -0.39 is 12.0 Å². The van der Waals surface area contributed by atoms with Crippen LogP contribution in [-0.2, 0) is 0 Å². The Labute approximate surface area is 208 Å². The summed E-state index contributed by atoms with van der Waals surface area (Å²) < 4.78 is 18.9. The van der Waals surface area contributed by atoms with Gasteiger partial charge in [0.2, 0.25) is 0 Å². The van der Waals surface area contributed by atoms with Gasteiger partial charge in [-0.2, -0.15) is 0 Å². The summed E-state index contributed by atoms with van der Waals surface area (Å²) in [6.45, 7) is 3.92. The first-order chi connectivity index (χ1) is 17.4. The Hall–Kier alpha value is -4.52. The molecule has 6 nitrogen and oxygen atoms in total. The van der Waals surface area contributed by atoms with Crippen LogP contribution in [0.5, 0.6) is 5.75 Å². The van der Waals surface area contributed by atoms with Crippen molar-refractivity contribution in [1.29, 1.82) is 0 Å². The summed E-state index contributed by atoms with van der Waals surface area (Å²) in [4.78, 5) is 15.0. The third kappa shape index (κ3) is 5.58. The Balaban J connectivity index is 1.75. The van der Waals surface area contributed by atoms with Crippen LogP contribution in [0.4, 0.5) is 9.18 Å². The molecule has 0 bridgehead atoms. The van der Waals surface area contributed by atoms with Crippen molar-refractivity contribution in [3.63, 3.8) is 0 Å². The fraction of sp³-hybridized carbons (Fsp3) is 0.138. The second kappa shape index (κ2) is 10.8. The zero-order valence-electron chi connectivity index (χ0n) is 19.9. The summed E-state index contributed by atoms with van der Waals surface area (Å²) >= 11 is 0. The normalized spacial score (nSPS) is 12.2. The molecule has 0 amide bonds. The quantitative estimate of drug-likeness (QED) is 0.0972. The fourth-order valence-electron chi connectivity index (χ4n) is 4.31. The zero-order valence-corrected chi connectivity index (χ0v) is 19.9. The second-order valence-corrected chi connectivity index (χ2v) is 8.48. The first kappa shape index (κ1) is 24.6. The third-order valence-electron chi connectivity index (χ3n) is 6.06. The van der Waals surface area contributed by atoms with Crippen molar-refractivity contribution in [1.82, 2.24) is 4.98 Å². The molecule has 182 valence electrons. The number of oxime groups is 1. The van der Waals surface area contributed by atoms with E-state index in [9.17, 15) is 14.4 Å². The van der Waals surface area contributed by atoms with Crippen LogP contribution in [0.1, 0.15) is 40.3 Å². The number of ether oxygens (including phenoxy) is 1. The van der Waals surface area contributed by atoms with Gasteiger partial charge in [-0.3, -0.25) is 4.98 Å². The monoisotopic (exact) mass is 484 g/mol. The van der Waals surface area contributed by atoms with Crippen LogP contribution in [0.2, 0.25) is 0 Å². The number of pyridine rings is 1. The van der Waals surface area contributed by atoms with Gasteiger partial charge in [0, 0.05) is 29.8 Å². The molecule has 4 rings (SSSR count). The molecule has 1 aromatic heterocycles. The molecule has 0 aliphatic heterocycles. The molecule has 0 aliphatic rings. The van der Waals surface area contributed by atoms with Crippen molar-refractivity contribution in [2.75, 3.05) is 0 Å². The molecule has 1 heterocycles. The molecule has 36 heavy (non-hydrogen) atoms. The Morgan fingerprint density at radius 3 is 2.47 bits per heavy atom. The minimum Gasteiger partial charge on any atom is -0.449 e. The molecule has 0 radical (unpaired) electrons. The molecule has 0 fully saturated rings. The molecule has 7 heteroatoms. The molecule has 1 atom stereocenters. The highest BCUT2D eigenvalue weighted by molar-refractivity contribution is 6.01. The number of hydrogen-bond acceptors (Lipinski definition) is 5. The summed E-state index contributed by atoms with van der Waals surface area (Å²) in [5.74, 6) is -1.26. The van der Waals surface area contributed by atoms with E-state index in [0.717, 1.165) is 33.5 Å². The van der Waals surface area contributed by atoms with Crippen LogP contribution in [0.15, 0.2) is 90.2 Å². The average molecular weight is 485 g/mol. The third-order valence-corrected chi connectivity index (χ3v) is 6.06. The summed E-state index contributed by atoms with van der Waals surface area (Å²) in [5, 5.41) is 22.3. The molecule has 0 aliphatic carbocycles. The van der Waals surface area contributed by atoms with Gasteiger partial charge in [0.1, 0.15) is 0 Å². The standard InChI is InChI=1S/C29H25FN2O4/c1-18-6-3-4-9-24(18)25(17-27(32-35)23-12-13-31-19(2)14-23)22-8-5-7-20(15-22)21-10-11-28(26(30)16-21)36-29(33)34/h3-16,25,35H,17H2,1-2H3,(H,33,34)/b32-27+. The number of rotatable bonds is 7. The van der Waals surface area contributed by atoms with Crippen LogP contribution in [0, 0.1) is 19.7 Å². The van der Waals surface area contributed by atoms with Crippen molar-refractivity contribution in [3.8, 4) is 16.9 Å². The van der Waals surface area contributed by atoms with Gasteiger partial charge in [-0.25, -0.2) is 9.18 Å². The van der Waals surface area contributed by atoms with E-state index >= 15 is 0 Å². The van der Waals surface area contributed by atoms with Crippen LogP contribution in [0.25, 0.3) is 11.1 Å². The number of aryl methyl sites for hydroxylation is 2. The molecular formula is C29H25FN2O4. The lowest BCUT2D eigenvalue weighted by Gasteiger charge is -2.22. The van der Waals surface area contributed by atoms with Crippen molar-refractivity contribution in [2.45, 2.75) is 26.2 Å². The highest BCUT2D eigenvalue weighted by Gasteiger charge is 2.21. The highest BCUT2D eigenvalue weighted by Crippen LogP contribution is 2.35. The smallest absolute Gasteiger partial charge is 0.449 e. The van der Waals surface area contributed by atoms with Gasteiger partial charge >= 0.3 is 6.16 Å². The lowest BCUT2D eigenvalue weighted by molar-refractivity contribution is 0.142. The Bertz CT molecular complexity index is 1430. The first-order valence-electron chi connectivity index (χ1n) is 11.4.